The van der Waals surface area contributed by atoms with E-state index in [9.17, 15) is 9.90 Å². The number of aromatic amines is 1. The average molecular weight is 309 g/mol. The van der Waals surface area contributed by atoms with Gasteiger partial charge in [0.05, 0.1) is 4.88 Å². The minimum absolute atomic E-state index is 0.0250. The lowest BCUT2D eigenvalue weighted by Crippen LogP contribution is -1.89. The fourth-order valence-electron chi connectivity index (χ4n) is 2.16. The Morgan fingerprint density at radius 1 is 0.955 bits per heavy atom. The first kappa shape index (κ1) is 14.4. The highest BCUT2D eigenvalue weighted by molar-refractivity contribution is 7.09. The molecule has 0 aliphatic rings. The van der Waals surface area contributed by atoms with Crippen LogP contribution in [0.1, 0.15) is 21.6 Å². The predicted octanol–water partition coefficient (Wildman–Crippen LogP) is 3.90. The van der Waals surface area contributed by atoms with Gasteiger partial charge in [-0.15, -0.1) is 0 Å². The SMILES string of the molecule is O=c1[nH]c(O)c(Cc2ccc(/C=C/c3ccccc3)cc2)s1. The molecule has 0 saturated carbocycles. The second-order valence-corrected chi connectivity index (χ2v) is 6.02. The highest BCUT2D eigenvalue weighted by Crippen LogP contribution is 2.20. The van der Waals surface area contributed by atoms with Gasteiger partial charge in [-0.2, -0.15) is 0 Å². The van der Waals surface area contributed by atoms with Crippen molar-refractivity contribution < 1.29 is 5.11 Å². The molecule has 1 aromatic heterocycles. The highest BCUT2D eigenvalue weighted by atomic mass is 32.1. The van der Waals surface area contributed by atoms with E-state index in [-0.39, 0.29) is 10.8 Å². The maximum Gasteiger partial charge on any atom is 0.307 e. The molecule has 4 heteroatoms. The summed E-state index contributed by atoms with van der Waals surface area (Å²) in [6, 6.07) is 18.2. The number of H-pyrrole nitrogens is 1. The molecule has 3 nitrogen and oxygen atoms in total. The van der Waals surface area contributed by atoms with Crippen molar-refractivity contribution >= 4 is 23.5 Å². The maximum atomic E-state index is 11.2. The molecule has 2 N–H and O–H groups in total. The lowest BCUT2D eigenvalue weighted by atomic mass is 10.1. The second-order valence-electron chi connectivity index (χ2n) is 4.95. The van der Waals surface area contributed by atoms with E-state index >= 15 is 0 Å². The van der Waals surface area contributed by atoms with Gasteiger partial charge < -0.3 is 5.11 Å². The van der Waals surface area contributed by atoms with Crippen LogP contribution < -0.4 is 4.87 Å². The molecule has 0 fully saturated rings. The highest BCUT2D eigenvalue weighted by Gasteiger charge is 2.07. The molecule has 0 unspecified atom stereocenters. The Balaban J connectivity index is 1.71. The van der Waals surface area contributed by atoms with E-state index in [4.69, 9.17) is 0 Å². The van der Waals surface area contributed by atoms with Gasteiger partial charge in [-0.1, -0.05) is 78.1 Å². The maximum absolute atomic E-state index is 11.2. The molecule has 0 aliphatic carbocycles. The fourth-order valence-corrected chi connectivity index (χ4v) is 2.92. The number of benzene rings is 2. The third-order valence-corrected chi connectivity index (χ3v) is 4.18. The predicted molar refractivity (Wildman–Crippen MR) is 91.2 cm³/mol. The van der Waals surface area contributed by atoms with Gasteiger partial charge >= 0.3 is 4.87 Å². The van der Waals surface area contributed by atoms with E-state index in [1.807, 2.05) is 42.5 Å². The Morgan fingerprint density at radius 3 is 2.18 bits per heavy atom. The van der Waals surface area contributed by atoms with E-state index in [0.717, 1.165) is 28.0 Å². The molecule has 2 aromatic carbocycles. The summed E-state index contributed by atoms with van der Waals surface area (Å²) in [4.78, 5) is 14.0. The lowest BCUT2D eigenvalue weighted by molar-refractivity contribution is 0.451. The molecule has 3 rings (SSSR count). The molecule has 22 heavy (non-hydrogen) atoms. The van der Waals surface area contributed by atoms with Crippen LogP contribution in [0.3, 0.4) is 0 Å². The molecule has 0 atom stereocenters. The van der Waals surface area contributed by atoms with Crippen LogP contribution in [0.4, 0.5) is 0 Å². The summed E-state index contributed by atoms with van der Waals surface area (Å²) in [7, 11) is 0. The summed E-state index contributed by atoms with van der Waals surface area (Å²) in [6.45, 7) is 0. The lowest BCUT2D eigenvalue weighted by Gasteiger charge is -2.00. The first-order valence-corrected chi connectivity index (χ1v) is 7.75. The van der Waals surface area contributed by atoms with Crippen LogP contribution in [-0.4, -0.2) is 10.1 Å². The zero-order valence-electron chi connectivity index (χ0n) is 11.8. The van der Waals surface area contributed by atoms with Gasteiger partial charge in [-0.25, -0.2) is 0 Å². The summed E-state index contributed by atoms with van der Waals surface area (Å²) in [5.41, 5.74) is 3.33. The van der Waals surface area contributed by atoms with Crippen LogP contribution in [0.15, 0.2) is 59.4 Å². The first-order valence-electron chi connectivity index (χ1n) is 6.94. The Kier molecular flexibility index (Phi) is 4.21. The Hall–Kier alpha value is -2.59. The number of aromatic nitrogens is 1. The normalized spacial score (nSPS) is 11.1. The molecule has 1 heterocycles. The second kappa shape index (κ2) is 6.45. The van der Waals surface area contributed by atoms with Gasteiger partial charge in [-0.3, -0.25) is 9.78 Å². The van der Waals surface area contributed by atoms with Gasteiger partial charge in [0.2, 0.25) is 5.88 Å². The monoisotopic (exact) mass is 309 g/mol. The topological polar surface area (TPSA) is 53.1 Å². The third kappa shape index (κ3) is 3.54. The van der Waals surface area contributed by atoms with E-state index in [0.29, 0.717) is 11.3 Å². The van der Waals surface area contributed by atoms with Crippen molar-refractivity contribution in [3.8, 4) is 5.88 Å². The van der Waals surface area contributed by atoms with Crippen molar-refractivity contribution in [2.24, 2.45) is 0 Å². The van der Waals surface area contributed by atoms with Gasteiger partial charge in [-0.05, 0) is 16.7 Å². The van der Waals surface area contributed by atoms with E-state index in [1.165, 1.54) is 0 Å². The molecule has 0 saturated heterocycles. The van der Waals surface area contributed by atoms with Crippen LogP contribution in [0, 0.1) is 0 Å². The number of hydrogen-bond acceptors (Lipinski definition) is 3. The minimum Gasteiger partial charge on any atom is -0.494 e. The standard InChI is InChI=1S/C18H15NO2S/c20-17-16(22-18(21)19-17)12-15-10-8-14(9-11-15)7-6-13-4-2-1-3-5-13/h1-11,20H,12H2,(H,19,21)/b7-6+. The number of hydrogen-bond donors (Lipinski definition) is 2. The molecule has 0 bridgehead atoms. The van der Waals surface area contributed by atoms with Gasteiger partial charge in [0.1, 0.15) is 0 Å². The van der Waals surface area contributed by atoms with Crippen molar-refractivity contribution in [2.45, 2.75) is 6.42 Å². The molecule has 110 valence electrons. The number of nitrogens with one attached hydrogen (secondary N) is 1. The van der Waals surface area contributed by atoms with Crippen molar-refractivity contribution in [3.63, 3.8) is 0 Å². The molecule has 0 spiro atoms. The summed E-state index contributed by atoms with van der Waals surface area (Å²) in [5.74, 6) is -0.0250. The van der Waals surface area contributed by atoms with Crippen LogP contribution in [-0.2, 0) is 6.42 Å². The van der Waals surface area contributed by atoms with E-state index in [1.54, 1.807) is 0 Å². The van der Waals surface area contributed by atoms with Crippen LogP contribution >= 0.6 is 11.3 Å². The average Bonchev–Trinajstić information content (AvgIpc) is 2.85. The summed E-state index contributed by atoms with van der Waals surface area (Å²) >= 11 is 1.05. The minimum atomic E-state index is -0.227. The van der Waals surface area contributed by atoms with Crippen LogP contribution in [0.2, 0.25) is 0 Å². The third-order valence-electron chi connectivity index (χ3n) is 3.31. The molecular formula is C18H15NO2S. The zero-order valence-corrected chi connectivity index (χ0v) is 12.6. The first-order chi connectivity index (χ1) is 10.7. The van der Waals surface area contributed by atoms with E-state index < -0.39 is 0 Å². The number of rotatable bonds is 4. The largest absolute Gasteiger partial charge is 0.494 e. The zero-order chi connectivity index (χ0) is 15.4. The number of aromatic hydroxyl groups is 1. The van der Waals surface area contributed by atoms with Gasteiger partial charge in [0.15, 0.2) is 0 Å². The van der Waals surface area contributed by atoms with Crippen molar-refractivity contribution in [3.05, 3.63) is 85.8 Å². The number of thiazole rings is 1. The van der Waals surface area contributed by atoms with Gasteiger partial charge in [0.25, 0.3) is 0 Å². The Bertz CT molecular complexity index is 830. The fraction of sp³-hybridized carbons (Fsp3) is 0.0556. The molecule has 3 aromatic rings. The summed E-state index contributed by atoms with van der Waals surface area (Å²) in [5, 5.41) is 9.60. The van der Waals surface area contributed by atoms with Crippen molar-refractivity contribution in [1.29, 1.82) is 0 Å². The smallest absolute Gasteiger partial charge is 0.307 e. The summed E-state index contributed by atoms with van der Waals surface area (Å²) < 4.78 is 0. The molecule has 0 amide bonds. The summed E-state index contributed by atoms with van der Waals surface area (Å²) in [6.07, 6.45) is 4.68. The quantitative estimate of drug-likeness (QED) is 0.718. The van der Waals surface area contributed by atoms with Crippen molar-refractivity contribution in [2.75, 3.05) is 0 Å². The molecule has 0 aliphatic heterocycles. The Morgan fingerprint density at radius 2 is 1.59 bits per heavy atom. The molecular weight excluding hydrogens is 294 g/mol. The van der Waals surface area contributed by atoms with Crippen molar-refractivity contribution in [1.82, 2.24) is 4.98 Å². The van der Waals surface area contributed by atoms with Crippen LogP contribution in [0.25, 0.3) is 12.2 Å². The van der Waals surface area contributed by atoms with Crippen LogP contribution in [0.5, 0.6) is 5.88 Å². The molecule has 0 radical (unpaired) electrons. The van der Waals surface area contributed by atoms with E-state index in [2.05, 4.69) is 29.3 Å². The Labute approximate surface area is 132 Å². The van der Waals surface area contributed by atoms with Gasteiger partial charge in [0, 0.05) is 6.42 Å².